The molecule has 0 aromatic heterocycles. The third kappa shape index (κ3) is 2.51. The minimum atomic E-state index is -1.63. The molecule has 2 unspecified atom stereocenters. The fourth-order valence-corrected chi connectivity index (χ4v) is 1.23. The Morgan fingerprint density at radius 3 is 2.56 bits per heavy atom. The Labute approximate surface area is 89.7 Å². The van der Waals surface area contributed by atoms with Gasteiger partial charge in [0.2, 0.25) is 0 Å². The summed E-state index contributed by atoms with van der Waals surface area (Å²) < 4.78 is 12.8. The van der Waals surface area contributed by atoms with Crippen molar-refractivity contribution in [2.45, 2.75) is 12.2 Å². The molecule has 0 amide bonds. The van der Waals surface area contributed by atoms with Gasteiger partial charge in [-0.05, 0) is 12.1 Å². The van der Waals surface area contributed by atoms with Gasteiger partial charge in [-0.25, -0.2) is 4.39 Å². The summed E-state index contributed by atoms with van der Waals surface area (Å²) in [6.45, 7) is -0.754. The van der Waals surface area contributed by atoms with Crippen LogP contribution in [0.5, 0.6) is 0 Å². The third-order valence-corrected chi connectivity index (χ3v) is 2.06. The number of nitro groups is 1. The summed E-state index contributed by atoms with van der Waals surface area (Å²) in [6.07, 6.45) is -3.19. The predicted octanol–water partition coefficient (Wildman–Crippen LogP) is 0.120. The van der Waals surface area contributed by atoms with E-state index >= 15 is 0 Å². The van der Waals surface area contributed by atoms with E-state index in [2.05, 4.69) is 0 Å². The molecule has 16 heavy (non-hydrogen) atoms. The summed E-state index contributed by atoms with van der Waals surface area (Å²) in [5.74, 6) is -0.818. The smallest absolute Gasteiger partial charge is 0.278 e. The zero-order chi connectivity index (χ0) is 12.3. The number of halogens is 1. The number of benzene rings is 1. The number of aliphatic hydroxyl groups is 3. The van der Waals surface area contributed by atoms with Crippen molar-refractivity contribution < 1.29 is 24.6 Å². The molecular formula is C9H10FNO5. The van der Waals surface area contributed by atoms with Gasteiger partial charge in [0.15, 0.2) is 0 Å². The molecule has 0 heterocycles. The Bertz CT molecular complexity index is 397. The standard InChI is InChI=1S/C9H10FNO5/c10-5-1-2-6(7(3-5)11(15)16)9(14)8(13)4-12/h1-3,8-9,12-14H,4H2. The Morgan fingerprint density at radius 2 is 2.06 bits per heavy atom. The summed E-state index contributed by atoms with van der Waals surface area (Å²) in [6, 6.07) is 2.56. The first-order valence-corrected chi connectivity index (χ1v) is 4.38. The number of hydrogen-bond donors (Lipinski definition) is 3. The van der Waals surface area contributed by atoms with Crippen molar-refractivity contribution in [1.29, 1.82) is 0 Å². The first-order valence-electron chi connectivity index (χ1n) is 4.38. The lowest BCUT2D eigenvalue weighted by Gasteiger charge is -2.15. The van der Waals surface area contributed by atoms with Crippen LogP contribution in [0.4, 0.5) is 10.1 Å². The zero-order valence-corrected chi connectivity index (χ0v) is 8.08. The van der Waals surface area contributed by atoms with Gasteiger partial charge in [-0.1, -0.05) is 0 Å². The zero-order valence-electron chi connectivity index (χ0n) is 8.08. The van der Waals surface area contributed by atoms with E-state index in [1.54, 1.807) is 0 Å². The van der Waals surface area contributed by atoms with Crippen LogP contribution in [0.2, 0.25) is 0 Å². The molecule has 0 saturated heterocycles. The van der Waals surface area contributed by atoms with Gasteiger partial charge < -0.3 is 15.3 Å². The molecular weight excluding hydrogens is 221 g/mol. The van der Waals surface area contributed by atoms with Gasteiger partial charge in [0.1, 0.15) is 18.0 Å². The first-order chi connectivity index (χ1) is 7.47. The summed E-state index contributed by atoms with van der Waals surface area (Å²) in [4.78, 5) is 9.70. The Morgan fingerprint density at radius 1 is 1.44 bits per heavy atom. The number of hydrogen-bond acceptors (Lipinski definition) is 5. The number of nitrogens with zero attached hydrogens (tertiary/aromatic N) is 1. The molecule has 0 bridgehead atoms. The molecule has 7 heteroatoms. The van der Waals surface area contributed by atoms with Gasteiger partial charge in [0.25, 0.3) is 5.69 Å². The van der Waals surface area contributed by atoms with E-state index in [9.17, 15) is 19.6 Å². The van der Waals surface area contributed by atoms with Gasteiger partial charge in [-0.3, -0.25) is 10.1 Å². The SMILES string of the molecule is O=[N+]([O-])c1cc(F)ccc1C(O)C(O)CO. The lowest BCUT2D eigenvalue weighted by molar-refractivity contribution is -0.386. The normalized spacial score (nSPS) is 14.5. The van der Waals surface area contributed by atoms with E-state index in [0.29, 0.717) is 6.07 Å². The average Bonchev–Trinajstić information content (AvgIpc) is 2.26. The van der Waals surface area contributed by atoms with Gasteiger partial charge in [0.05, 0.1) is 23.2 Å². The number of rotatable bonds is 4. The quantitative estimate of drug-likeness (QED) is 0.504. The number of aliphatic hydroxyl groups excluding tert-OH is 3. The van der Waals surface area contributed by atoms with Crippen molar-refractivity contribution in [2.24, 2.45) is 0 Å². The lowest BCUT2D eigenvalue weighted by Crippen LogP contribution is -2.22. The minimum Gasteiger partial charge on any atom is -0.394 e. The summed E-state index contributed by atoms with van der Waals surface area (Å²) in [7, 11) is 0. The Hall–Kier alpha value is -1.57. The van der Waals surface area contributed by atoms with Crippen LogP contribution in [-0.4, -0.2) is 33.0 Å². The molecule has 0 aliphatic heterocycles. The van der Waals surface area contributed by atoms with E-state index in [0.717, 1.165) is 12.1 Å². The van der Waals surface area contributed by atoms with Crippen LogP contribution >= 0.6 is 0 Å². The van der Waals surface area contributed by atoms with Crippen molar-refractivity contribution in [3.05, 3.63) is 39.7 Å². The predicted molar refractivity (Wildman–Crippen MR) is 51.1 cm³/mol. The highest BCUT2D eigenvalue weighted by atomic mass is 19.1. The lowest BCUT2D eigenvalue weighted by atomic mass is 10.0. The molecule has 1 aromatic carbocycles. The molecule has 0 radical (unpaired) electrons. The molecule has 0 saturated carbocycles. The van der Waals surface area contributed by atoms with Gasteiger partial charge in [-0.15, -0.1) is 0 Å². The number of nitro benzene ring substituents is 1. The highest BCUT2D eigenvalue weighted by Crippen LogP contribution is 2.27. The van der Waals surface area contributed by atoms with Gasteiger partial charge in [0, 0.05) is 0 Å². The molecule has 0 fully saturated rings. The van der Waals surface area contributed by atoms with E-state index in [1.165, 1.54) is 0 Å². The van der Waals surface area contributed by atoms with Crippen LogP contribution in [0.25, 0.3) is 0 Å². The van der Waals surface area contributed by atoms with Gasteiger partial charge >= 0.3 is 0 Å². The maximum atomic E-state index is 12.8. The maximum Gasteiger partial charge on any atom is 0.278 e. The molecule has 88 valence electrons. The average molecular weight is 231 g/mol. The monoisotopic (exact) mass is 231 g/mol. The fraction of sp³-hybridized carbons (Fsp3) is 0.333. The van der Waals surface area contributed by atoms with E-state index in [4.69, 9.17) is 10.2 Å². The molecule has 0 aliphatic carbocycles. The van der Waals surface area contributed by atoms with E-state index in [1.807, 2.05) is 0 Å². The second kappa shape index (κ2) is 4.97. The second-order valence-corrected chi connectivity index (χ2v) is 3.16. The molecule has 0 spiro atoms. The molecule has 0 aliphatic rings. The van der Waals surface area contributed by atoms with E-state index < -0.39 is 35.2 Å². The second-order valence-electron chi connectivity index (χ2n) is 3.16. The topological polar surface area (TPSA) is 104 Å². The Kier molecular flexibility index (Phi) is 3.88. The maximum absolute atomic E-state index is 12.8. The van der Waals surface area contributed by atoms with Crippen LogP contribution < -0.4 is 0 Å². The molecule has 3 N–H and O–H groups in total. The largest absolute Gasteiger partial charge is 0.394 e. The summed E-state index contributed by atoms with van der Waals surface area (Å²) in [5, 5.41) is 37.8. The van der Waals surface area contributed by atoms with Crippen LogP contribution in [0.1, 0.15) is 11.7 Å². The van der Waals surface area contributed by atoms with Crippen LogP contribution in [0.3, 0.4) is 0 Å². The third-order valence-electron chi connectivity index (χ3n) is 2.06. The summed E-state index contributed by atoms with van der Waals surface area (Å²) in [5.41, 5.74) is -0.882. The first kappa shape index (κ1) is 12.5. The van der Waals surface area contributed by atoms with Gasteiger partial charge in [-0.2, -0.15) is 0 Å². The fourth-order valence-electron chi connectivity index (χ4n) is 1.23. The highest BCUT2D eigenvalue weighted by Gasteiger charge is 2.26. The van der Waals surface area contributed by atoms with Crippen LogP contribution in [0, 0.1) is 15.9 Å². The van der Waals surface area contributed by atoms with Crippen molar-refractivity contribution in [3.8, 4) is 0 Å². The highest BCUT2D eigenvalue weighted by molar-refractivity contribution is 5.42. The minimum absolute atomic E-state index is 0.243. The van der Waals surface area contributed by atoms with Crippen LogP contribution in [-0.2, 0) is 0 Å². The summed E-state index contributed by atoms with van der Waals surface area (Å²) >= 11 is 0. The van der Waals surface area contributed by atoms with E-state index in [-0.39, 0.29) is 5.56 Å². The molecule has 2 atom stereocenters. The van der Waals surface area contributed by atoms with Crippen molar-refractivity contribution in [2.75, 3.05) is 6.61 Å². The van der Waals surface area contributed by atoms with Crippen molar-refractivity contribution in [1.82, 2.24) is 0 Å². The van der Waals surface area contributed by atoms with Crippen LogP contribution in [0.15, 0.2) is 18.2 Å². The molecule has 6 nitrogen and oxygen atoms in total. The molecule has 1 aromatic rings. The van der Waals surface area contributed by atoms with Crippen molar-refractivity contribution >= 4 is 5.69 Å². The Balaban J connectivity index is 3.17. The van der Waals surface area contributed by atoms with Crippen molar-refractivity contribution in [3.63, 3.8) is 0 Å². The molecule has 1 rings (SSSR count).